The van der Waals surface area contributed by atoms with Gasteiger partial charge >= 0.3 is 0 Å². The number of aromatic nitrogens is 1. The Morgan fingerprint density at radius 3 is 2.19 bits per heavy atom. The predicted octanol–water partition coefficient (Wildman–Crippen LogP) is 1.79. The second-order valence-corrected chi connectivity index (χ2v) is 7.66. The molecule has 3 atom stereocenters. The quantitative estimate of drug-likeness (QED) is 0.876. The summed E-state index contributed by atoms with van der Waals surface area (Å²) in [4.78, 5) is 6.94. The van der Waals surface area contributed by atoms with Gasteiger partial charge in [-0.05, 0) is 37.8 Å². The van der Waals surface area contributed by atoms with Crippen LogP contribution in [-0.4, -0.2) is 37.8 Å². The largest absolute Gasteiger partial charge is 0.351 e. The molecule has 0 aromatic carbocycles. The highest BCUT2D eigenvalue weighted by molar-refractivity contribution is 7.90. The lowest BCUT2D eigenvalue weighted by Crippen LogP contribution is -2.47. The molecular weight excluding hydrogens is 333 g/mol. The number of anilines is 1. The number of nitrogens with zero attached hydrogens (tertiary/aromatic N) is 2. The highest BCUT2D eigenvalue weighted by atomic mass is 35.5. The zero-order chi connectivity index (χ0) is 13.6. The highest BCUT2D eigenvalue weighted by Crippen LogP contribution is 2.37. The number of hydrogen-bond acceptors (Lipinski definition) is 5. The first-order chi connectivity index (χ1) is 8.95. The summed E-state index contributed by atoms with van der Waals surface area (Å²) >= 11 is 0. The standard InChI is InChI=1S/C13H19N3O2S.2ClH/c1-19(17,18)12-4-5-13(15-8-12)16-10-2-3-11(16)7-9(14)6-10;;/h4-5,8-11H,2-3,6-7,14H2,1H3;2*1H/t9-,10+,11-;;. The Kier molecular flexibility index (Phi) is 5.89. The van der Waals surface area contributed by atoms with Crippen LogP contribution in [0.25, 0.3) is 0 Å². The maximum Gasteiger partial charge on any atom is 0.177 e. The van der Waals surface area contributed by atoms with Crippen LogP contribution in [0.2, 0.25) is 0 Å². The van der Waals surface area contributed by atoms with Gasteiger partial charge in [-0.2, -0.15) is 0 Å². The molecule has 0 spiro atoms. The smallest absolute Gasteiger partial charge is 0.177 e. The van der Waals surface area contributed by atoms with Crippen LogP contribution in [-0.2, 0) is 9.84 Å². The third-order valence-electron chi connectivity index (χ3n) is 4.18. The molecule has 120 valence electrons. The highest BCUT2D eigenvalue weighted by Gasteiger charge is 2.40. The maximum absolute atomic E-state index is 11.4. The molecule has 8 heteroatoms. The Labute approximate surface area is 138 Å². The molecular formula is C13H21Cl2N3O2S. The molecule has 2 saturated heterocycles. The van der Waals surface area contributed by atoms with Crippen molar-refractivity contribution >= 4 is 40.5 Å². The summed E-state index contributed by atoms with van der Waals surface area (Å²) in [6, 6.07) is 4.68. The number of nitrogens with two attached hydrogens (primary N) is 1. The molecule has 2 fully saturated rings. The van der Waals surface area contributed by atoms with E-state index < -0.39 is 9.84 Å². The molecule has 2 aliphatic heterocycles. The summed E-state index contributed by atoms with van der Waals surface area (Å²) in [6.45, 7) is 0. The van der Waals surface area contributed by atoms with Gasteiger partial charge in [0.2, 0.25) is 0 Å². The van der Waals surface area contributed by atoms with Gasteiger partial charge < -0.3 is 10.6 Å². The van der Waals surface area contributed by atoms with E-state index in [9.17, 15) is 8.42 Å². The molecule has 0 radical (unpaired) electrons. The van der Waals surface area contributed by atoms with Crippen LogP contribution in [0.1, 0.15) is 25.7 Å². The fraction of sp³-hybridized carbons (Fsp3) is 0.615. The van der Waals surface area contributed by atoms with Crippen molar-refractivity contribution in [1.82, 2.24) is 4.98 Å². The summed E-state index contributed by atoms with van der Waals surface area (Å²) in [7, 11) is -3.17. The van der Waals surface area contributed by atoms with E-state index in [0.717, 1.165) is 31.5 Å². The second-order valence-electron chi connectivity index (χ2n) is 5.65. The molecule has 2 bridgehead atoms. The fourth-order valence-electron chi connectivity index (χ4n) is 3.34. The molecule has 2 N–H and O–H groups in total. The monoisotopic (exact) mass is 353 g/mol. The van der Waals surface area contributed by atoms with E-state index in [1.165, 1.54) is 12.5 Å². The van der Waals surface area contributed by atoms with Crippen LogP contribution < -0.4 is 10.6 Å². The summed E-state index contributed by atoms with van der Waals surface area (Å²) in [5.41, 5.74) is 6.05. The van der Waals surface area contributed by atoms with Crippen molar-refractivity contribution < 1.29 is 8.42 Å². The van der Waals surface area contributed by atoms with Crippen molar-refractivity contribution in [3.8, 4) is 0 Å². The SMILES string of the molecule is CS(=O)(=O)c1ccc(N2[C@@H]3CC[C@H]2C[C@@H](N)C3)nc1.Cl.Cl. The van der Waals surface area contributed by atoms with Crippen molar-refractivity contribution in [1.29, 1.82) is 0 Å². The molecule has 0 aliphatic carbocycles. The van der Waals surface area contributed by atoms with Gasteiger partial charge in [0, 0.05) is 30.6 Å². The summed E-state index contributed by atoms with van der Waals surface area (Å²) in [5.74, 6) is 0.881. The summed E-state index contributed by atoms with van der Waals surface area (Å²) in [5, 5.41) is 0. The van der Waals surface area contributed by atoms with Gasteiger partial charge in [0.1, 0.15) is 5.82 Å². The van der Waals surface area contributed by atoms with Crippen LogP contribution in [0.5, 0.6) is 0 Å². The average molecular weight is 354 g/mol. The van der Waals surface area contributed by atoms with E-state index in [-0.39, 0.29) is 29.7 Å². The fourth-order valence-corrected chi connectivity index (χ4v) is 3.90. The minimum atomic E-state index is -3.17. The Hall–Kier alpha value is -0.560. The van der Waals surface area contributed by atoms with Gasteiger partial charge in [0.25, 0.3) is 0 Å². The minimum absolute atomic E-state index is 0. The topological polar surface area (TPSA) is 76.3 Å². The van der Waals surface area contributed by atoms with E-state index in [0.29, 0.717) is 18.1 Å². The molecule has 3 rings (SSSR count). The third-order valence-corrected chi connectivity index (χ3v) is 5.28. The second kappa shape index (κ2) is 6.69. The van der Waals surface area contributed by atoms with Gasteiger partial charge in [-0.1, -0.05) is 0 Å². The van der Waals surface area contributed by atoms with Crippen LogP contribution in [0, 0.1) is 0 Å². The Morgan fingerprint density at radius 2 is 1.76 bits per heavy atom. The summed E-state index contributed by atoms with van der Waals surface area (Å²) in [6.07, 6.45) is 6.99. The zero-order valence-electron chi connectivity index (χ0n) is 11.8. The van der Waals surface area contributed by atoms with Crippen molar-refractivity contribution in [2.75, 3.05) is 11.2 Å². The van der Waals surface area contributed by atoms with Crippen LogP contribution in [0.4, 0.5) is 5.82 Å². The van der Waals surface area contributed by atoms with Crippen molar-refractivity contribution in [3.63, 3.8) is 0 Å². The number of fused-ring (bicyclic) bond motifs is 2. The zero-order valence-corrected chi connectivity index (χ0v) is 14.3. The van der Waals surface area contributed by atoms with Crippen molar-refractivity contribution in [2.24, 2.45) is 5.73 Å². The number of pyridine rings is 1. The molecule has 1 aromatic rings. The number of piperidine rings is 1. The molecule has 5 nitrogen and oxygen atoms in total. The van der Waals surface area contributed by atoms with E-state index in [1.807, 2.05) is 6.07 Å². The van der Waals surface area contributed by atoms with E-state index in [1.54, 1.807) is 6.07 Å². The van der Waals surface area contributed by atoms with Gasteiger partial charge in [0.05, 0.1) is 4.90 Å². The third kappa shape index (κ3) is 3.62. The predicted molar refractivity (Wildman–Crippen MR) is 88.3 cm³/mol. The van der Waals surface area contributed by atoms with Crippen LogP contribution in [0.3, 0.4) is 0 Å². The van der Waals surface area contributed by atoms with Crippen LogP contribution in [0.15, 0.2) is 23.2 Å². The lowest BCUT2D eigenvalue weighted by Gasteiger charge is -2.38. The molecule has 21 heavy (non-hydrogen) atoms. The number of rotatable bonds is 2. The van der Waals surface area contributed by atoms with E-state index >= 15 is 0 Å². The van der Waals surface area contributed by atoms with Crippen molar-refractivity contribution in [2.45, 2.75) is 48.7 Å². The molecule has 0 unspecified atom stereocenters. The lowest BCUT2D eigenvalue weighted by molar-refractivity contribution is 0.412. The lowest BCUT2D eigenvalue weighted by atomic mass is 9.98. The van der Waals surface area contributed by atoms with E-state index in [2.05, 4.69) is 9.88 Å². The van der Waals surface area contributed by atoms with Crippen molar-refractivity contribution in [3.05, 3.63) is 18.3 Å². The van der Waals surface area contributed by atoms with Gasteiger partial charge in [0.15, 0.2) is 9.84 Å². The summed E-state index contributed by atoms with van der Waals surface area (Å²) < 4.78 is 22.9. The molecule has 1 aromatic heterocycles. The Balaban J connectivity index is 0.00000110. The minimum Gasteiger partial charge on any atom is -0.351 e. The number of hydrogen-bond donors (Lipinski definition) is 1. The molecule has 0 saturated carbocycles. The average Bonchev–Trinajstić information content (AvgIpc) is 2.61. The number of halogens is 2. The Morgan fingerprint density at radius 1 is 1.19 bits per heavy atom. The first kappa shape index (κ1) is 18.5. The van der Waals surface area contributed by atoms with Gasteiger partial charge in [-0.25, -0.2) is 13.4 Å². The van der Waals surface area contributed by atoms with Crippen LogP contribution >= 0.6 is 24.8 Å². The first-order valence-electron chi connectivity index (χ1n) is 6.65. The molecule has 0 amide bonds. The first-order valence-corrected chi connectivity index (χ1v) is 8.54. The van der Waals surface area contributed by atoms with Gasteiger partial charge in [-0.15, -0.1) is 24.8 Å². The maximum atomic E-state index is 11.4. The Bertz CT molecular complexity index is 566. The normalized spacial score (nSPS) is 27.7. The molecule has 2 aliphatic rings. The van der Waals surface area contributed by atoms with Gasteiger partial charge in [-0.3, -0.25) is 0 Å². The van der Waals surface area contributed by atoms with E-state index in [4.69, 9.17) is 5.73 Å². The molecule has 3 heterocycles. The number of sulfone groups is 1.